The van der Waals surface area contributed by atoms with Gasteiger partial charge in [0.15, 0.2) is 0 Å². The van der Waals surface area contributed by atoms with Gasteiger partial charge in [0.25, 0.3) is 0 Å². The normalized spacial score (nSPS) is 12.9. The van der Waals surface area contributed by atoms with Crippen LogP contribution in [0.4, 0.5) is 4.39 Å². The molecule has 1 aromatic carbocycles. The van der Waals surface area contributed by atoms with Gasteiger partial charge in [0, 0.05) is 24.1 Å². The van der Waals surface area contributed by atoms with Crippen molar-refractivity contribution in [1.29, 1.82) is 0 Å². The van der Waals surface area contributed by atoms with Crippen LogP contribution in [0.1, 0.15) is 11.6 Å². The third-order valence-corrected chi connectivity index (χ3v) is 2.47. The van der Waals surface area contributed by atoms with Gasteiger partial charge in [-0.05, 0) is 6.07 Å². The van der Waals surface area contributed by atoms with Gasteiger partial charge in [-0.2, -0.15) is 5.10 Å². The van der Waals surface area contributed by atoms with E-state index in [1.807, 2.05) is 0 Å². The molecular formula is C10H10FN3O2. The van der Waals surface area contributed by atoms with Gasteiger partial charge >= 0.3 is 5.97 Å². The van der Waals surface area contributed by atoms with Crippen LogP contribution in [0.2, 0.25) is 0 Å². The van der Waals surface area contributed by atoms with Crippen LogP contribution in [0.5, 0.6) is 0 Å². The van der Waals surface area contributed by atoms with E-state index in [9.17, 15) is 9.18 Å². The summed E-state index contributed by atoms with van der Waals surface area (Å²) in [5.74, 6) is -1.90. The maximum absolute atomic E-state index is 13.6. The minimum atomic E-state index is -1.36. The molecule has 2 aromatic rings. The maximum atomic E-state index is 13.6. The average molecular weight is 223 g/mol. The molecular weight excluding hydrogens is 213 g/mol. The molecule has 1 heterocycles. The Kier molecular flexibility index (Phi) is 2.35. The smallest absolute Gasteiger partial charge is 0.325 e. The van der Waals surface area contributed by atoms with Crippen molar-refractivity contribution in [3.63, 3.8) is 0 Å². The molecule has 0 saturated carbocycles. The molecule has 5 nitrogen and oxygen atoms in total. The summed E-state index contributed by atoms with van der Waals surface area (Å²) < 4.78 is 15.1. The van der Waals surface area contributed by atoms with Crippen molar-refractivity contribution < 1.29 is 14.3 Å². The molecule has 0 spiro atoms. The number of nitrogens with zero attached hydrogens (tertiary/aromatic N) is 2. The van der Waals surface area contributed by atoms with E-state index in [2.05, 4.69) is 5.10 Å². The summed E-state index contributed by atoms with van der Waals surface area (Å²) in [6.45, 7) is 0. The Labute approximate surface area is 90.3 Å². The number of carboxylic acid groups (broad SMARTS) is 1. The summed E-state index contributed by atoms with van der Waals surface area (Å²) in [5, 5.41) is 13.3. The third-order valence-electron chi connectivity index (χ3n) is 2.47. The Morgan fingerprint density at radius 1 is 1.62 bits per heavy atom. The van der Waals surface area contributed by atoms with Gasteiger partial charge in [-0.25, -0.2) is 4.39 Å². The standard InChI is InChI=1S/C10H10FN3O2/c1-14-8-3-7(11)6(9(12)10(15)16)2-5(8)4-13-14/h2-4,9H,12H2,1H3,(H,15,16). The molecule has 0 aliphatic rings. The molecule has 1 atom stereocenters. The summed E-state index contributed by atoms with van der Waals surface area (Å²) in [7, 11) is 1.68. The zero-order chi connectivity index (χ0) is 11.9. The first-order valence-electron chi connectivity index (χ1n) is 4.60. The van der Waals surface area contributed by atoms with Crippen molar-refractivity contribution in [3.8, 4) is 0 Å². The first kappa shape index (κ1) is 10.6. The van der Waals surface area contributed by atoms with Crippen molar-refractivity contribution in [2.24, 2.45) is 12.8 Å². The number of halogens is 1. The van der Waals surface area contributed by atoms with Crippen LogP contribution in [0.15, 0.2) is 18.3 Å². The summed E-state index contributed by atoms with van der Waals surface area (Å²) >= 11 is 0. The number of carbonyl (C=O) groups is 1. The number of aryl methyl sites for hydroxylation is 1. The van der Waals surface area contributed by atoms with Crippen molar-refractivity contribution in [3.05, 3.63) is 29.7 Å². The fourth-order valence-corrected chi connectivity index (χ4v) is 1.56. The number of aromatic nitrogens is 2. The number of nitrogens with two attached hydrogens (primary N) is 1. The van der Waals surface area contributed by atoms with Gasteiger partial charge in [-0.15, -0.1) is 0 Å². The summed E-state index contributed by atoms with van der Waals surface area (Å²) in [6.07, 6.45) is 1.53. The molecule has 0 bridgehead atoms. The highest BCUT2D eigenvalue weighted by atomic mass is 19.1. The molecule has 2 rings (SSSR count). The maximum Gasteiger partial charge on any atom is 0.325 e. The Balaban J connectivity index is 2.63. The molecule has 3 N–H and O–H groups in total. The largest absolute Gasteiger partial charge is 0.480 e. The molecule has 0 saturated heterocycles. The van der Waals surface area contributed by atoms with Gasteiger partial charge in [0.05, 0.1) is 11.7 Å². The van der Waals surface area contributed by atoms with Crippen LogP contribution in [-0.2, 0) is 11.8 Å². The number of benzene rings is 1. The zero-order valence-corrected chi connectivity index (χ0v) is 8.51. The summed E-state index contributed by atoms with van der Waals surface area (Å²) in [4.78, 5) is 10.7. The van der Waals surface area contributed by atoms with Gasteiger partial charge in [0.1, 0.15) is 11.9 Å². The molecule has 84 valence electrons. The lowest BCUT2D eigenvalue weighted by Crippen LogP contribution is -2.21. The van der Waals surface area contributed by atoms with Crippen LogP contribution in [0.3, 0.4) is 0 Å². The van der Waals surface area contributed by atoms with E-state index in [1.165, 1.54) is 23.0 Å². The fraction of sp³-hybridized carbons (Fsp3) is 0.200. The molecule has 1 aromatic heterocycles. The van der Waals surface area contributed by atoms with Crippen LogP contribution < -0.4 is 5.73 Å². The molecule has 6 heteroatoms. The van der Waals surface area contributed by atoms with Crippen molar-refractivity contribution in [2.45, 2.75) is 6.04 Å². The Morgan fingerprint density at radius 3 is 2.94 bits per heavy atom. The van der Waals surface area contributed by atoms with E-state index in [0.717, 1.165) is 0 Å². The highest BCUT2D eigenvalue weighted by molar-refractivity contribution is 5.82. The second kappa shape index (κ2) is 3.57. The van der Waals surface area contributed by atoms with Gasteiger partial charge in [0.2, 0.25) is 0 Å². The monoisotopic (exact) mass is 223 g/mol. The third kappa shape index (κ3) is 1.53. The molecule has 0 aliphatic carbocycles. The lowest BCUT2D eigenvalue weighted by Gasteiger charge is -2.08. The first-order chi connectivity index (χ1) is 7.50. The summed E-state index contributed by atoms with van der Waals surface area (Å²) in [6, 6.07) is 1.29. The minimum absolute atomic E-state index is 0.0343. The minimum Gasteiger partial charge on any atom is -0.480 e. The quantitative estimate of drug-likeness (QED) is 0.788. The first-order valence-corrected chi connectivity index (χ1v) is 4.60. The number of fused-ring (bicyclic) bond motifs is 1. The zero-order valence-electron chi connectivity index (χ0n) is 8.51. The number of aliphatic carboxylic acids is 1. The van der Waals surface area contributed by atoms with Gasteiger partial charge in [-0.3, -0.25) is 9.48 Å². The predicted molar refractivity (Wildman–Crippen MR) is 55.2 cm³/mol. The Bertz CT molecular complexity index is 564. The van der Waals surface area contributed by atoms with Crippen molar-refractivity contribution in [2.75, 3.05) is 0 Å². The second-order valence-corrected chi connectivity index (χ2v) is 3.52. The van der Waals surface area contributed by atoms with E-state index >= 15 is 0 Å². The number of carboxylic acids is 1. The molecule has 0 amide bonds. The molecule has 0 fully saturated rings. The summed E-state index contributed by atoms with van der Waals surface area (Å²) in [5.41, 5.74) is 5.93. The lowest BCUT2D eigenvalue weighted by molar-refractivity contribution is -0.138. The van der Waals surface area contributed by atoms with Gasteiger partial charge in [-0.1, -0.05) is 0 Å². The highest BCUT2D eigenvalue weighted by Crippen LogP contribution is 2.22. The van der Waals surface area contributed by atoms with Crippen LogP contribution in [0, 0.1) is 5.82 Å². The van der Waals surface area contributed by atoms with E-state index in [4.69, 9.17) is 10.8 Å². The number of rotatable bonds is 2. The van der Waals surface area contributed by atoms with E-state index in [-0.39, 0.29) is 5.56 Å². The SMILES string of the molecule is Cn1ncc2cc(C(N)C(=O)O)c(F)cc21. The fourth-order valence-electron chi connectivity index (χ4n) is 1.56. The number of hydrogen-bond donors (Lipinski definition) is 2. The molecule has 16 heavy (non-hydrogen) atoms. The molecule has 0 aliphatic heterocycles. The van der Waals surface area contributed by atoms with E-state index < -0.39 is 17.8 Å². The molecule has 1 unspecified atom stereocenters. The second-order valence-electron chi connectivity index (χ2n) is 3.52. The van der Waals surface area contributed by atoms with Gasteiger partial charge < -0.3 is 10.8 Å². The predicted octanol–water partition coefficient (Wildman–Crippen LogP) is 0.797. The number of hydrogen-bond acceptors (Lipinski definition) is 3. The van der Waals surface area contributed by atoms with Crippen LogP contribution >= 0.6 is 0 Å². The Morgan fingerprint density at radius 2 is 2.31 bits per heavy atom. The van der Waals surface area contributed by atoms with Crippen molar-refractivity contribution >= 4 is 16.9 Å². The Hall–Kier alpha value is -1.95. The lowest BCUT2D eigenvalue weighted by atomic mass is 10.1. The van der Waals surface area contributed by atoms with E-state index in [0.29, 0.717) is 10.9 Å². The van der Waals surface area contributed by atoms with Crippen molar-refractivity contribution in [1.82, 2.24) is 9.78 Å². The van der Waals surface area contributed by atoms with Crippen LogP contribution in [0.25, 0.3) is 10.9 Å². The topological polar surface area (TPSA) is 81.1 Å². The van der Waals surface area contributed by atoms with E-state index in [1.54, 1.807) is 7.05 Å². The average Bonchev–Trinajstić information content (AvgIpc) is 2.58. The molecule has 0 radical (unpaired) electrons. The highest BCUT2D eigenvalue weighted by Gasteiger charge is 2.19. The van der Waals surface area contributed by atoms with Crippen LogP contribution in [-0.4, -0.2) is 20.9 Å².